The zero-order valence-corrected chi connectivity index (χ0v) is 10.9. The Morgan fingerprint density at radius 1 is 1.21 bits per heavy atom. The minimum atomic E-state index is -0.182. The van der Waals surface area contributed by atoms with E-state index >= 15 is 0 Å². The number of nitrogens with one attached hydrogen (secondary N) is 1. The van der Waals surface area contributed by atoms with Crippen molar-refractivity contribution in [3.63, 3.8) is 0 Å². The summed E-state index contributed by atoms with van der Waals surface area (Å²) in [7, 11) is 1.87. The summed E-state index contributed by atoms with van der Waals surface area (Å²) in [6.07, 6.45) is 3.51. The van der Waals surface area contributed by atoms with Gasteiger partial charge < -0.3 is 9.88 Å². The highest BCUT2D eigenvalue weighted by molar-refractivity contribution is 5.97. The van der Waals surface area contributed by atoms with Crippen molar-refractivity contribution in [2.24, 2.45) is 7.05 Å². The average molecular weight is 257 g/mol. The lowest BCUT2D eigenvalue weighted by Crippen LogP contribution is -2.24. The van der Waals surface area contributed by atoms with Crippen LogP contribution >= 0.6 is 0 Å². The van der Waals surface area contributed by atoms with Crippen molar-refractivity contribution in [3.8, 4) is 0 Å². The van der Waals surface area contributed by atoms with Crippen LogP contribution < -0.4 is 5.32 Å². The van der Waals surface area contributed by atoms with E-state index in [1.54, 1.807) is 30.5 Å². The molecule has 0 fully saturated rings. The van der Waals surface area contributed by atoms with E-state index in [1.165, 1.54) is 6.92 Å². The highest BCUT2D eigenvalue weighted by Crippen LogP contribution is 2.05. The van der Waals surface area contributed by atoms with Gasteiger partial charge >= 0.3 is 0 Å². The van der Waals surface area contributed by atoms with Gasteiger partial charge in [0.2, 0.25) is 0 Å². The van der Waals surface area contributed by atoms with E-state index in [-0.39, 0.29) is 11.7 Å². The van der Waals surface area contributed by atoms with Crippen molar-refractivity contribution in [3.05, 3.63) is 53.6 Å². The number of rotatable bonds is 4. The van der Waals surface area contributed by atoms with Crippen LogP contribution in [0.4, 0.5) is 0 Å². The largest absolute Gasteiger partial charge is 0.345 e. The van der Waals surface area contributed by atoms with Crippen LogP contribution in [0.3, 0.4) is 0 Å². The van der Waals surface area contributed by atoms with E-state index in [4.69, 9.17) is 0 Å². The highest BCUT2D eigenvalue weighted by atomic mass is 16.1. The molecule has 2 aromatic rings. The molecule has 1 aromatic carbocycles. The van der Waals surface area contributed by atoms with E-state index in [0.29, 0.717) is 17.7 Å². The molecule has 1 N–H and O–H groups in total. The standard InChI is InChI=1S/C14H15N3O2/c1-10(18)11-3-5-12(6-4-11)14(19)16-9-13-15-7-8-17(13)2/h3-8H,9H2,1-2H3,(H,16,19). The van der Waals surface area contributed by atoms with Crippen molar-refractivity contribution in [2.45, 2.75) is 13.5 Å². The lowest BCUT2D eigenvalue weighted by molar-refractivity contribution is 0.0947. The maximum absolute atomic E-state index is 11.9. The van der Waals surface area contributed by atoms with Gasteiger partial charge in [0.15, 0.2) is 5.78 Å². The van der Waals surface area contributed by atoms with E-state index in [1.807, 2.05) is 17.8 Å². The summed E-state index contributed by atoms with van der Waals surface area (Å²) >= 11 is 0. The molecule has 2 rings (SSSR count). The Kier molecular flexibility index (Phi) is 3.75. The molecular weight excluding hydrogens is 242 g/mol. The Balaban J connectivity index is 2.00. The van der Waals surface area contributed by atoms with Crippen LogP contribution in [0.15, 0.2) is 36.7 Å². The van der Waals surface area contributed by atoms with Gasteiger partial charge in [0.05, 0.1) is 6.54 Å². The topological polar surface area (TPSA) is 64.0 Å². The molecule has 5 nitrogen and oxygen atoms in total. The summed E-state index contributed by atoms with van der Waals surface area (Å²) < 4.78 is 1.85. The first-order valence-corrected chi connectivity index (χ1v) is 5.93. The van der Waals surface area contributed by atoms with Gasteiger partial charge in [-0.3, -0.25) is 9.59 Å². The molecule has 0 bridgehead atoms. The summed E-state index contributed by atoms with van der Waals surface area (Å²) in [6.45, 7) is 1.87. The molecule has 5 heteroatoms. The first kappa shape index (κ1) is 13.0. The van der Waals surface area contributed by atoms with Gasteiger partial charge in [-0.15, -0.1) is 0 Å². The second-order valence-electron chi connectivity index (χ2n) is 4.27. The molecule has 1 heterocycles. The number of Topliss-reactive ketones (excluding diaryl/α,β-unsaturated/α-hetero) is 1. The fraction of sp³-hybridized carbons (Fsp3) is 0.214. The van der Waals surface area contributed by atoms with E-state index < -0.39 is 0 Å². The third-order valence-corrected chi connectivity index (χ3v) is 2.88. The quantitative estimate of drug-likeness (QED) is 0.845. The normalized spacial score (nSPS) is 10.2. The number of aryl methyl sites for hydroxylation is 1. The van der Waals surface area contributed by atoms with Crippen molar-refractivity contribution in [2.75, 3.05) is 0 Å². The third-order valence-electron chi connectivity index (χ3n) is 2.88. The van der Waals surface area contributed by atoms with E-state index in [2.05, 4.69) is 10.3 Å². The zero-order chi connectivity index (χ0) is 13.8. The Labute approximate surface area is 111 Å². The number of hydrogen-bond acceptors (Lipinski definition) is 3. The Bertz CT molecular complexity index is 599. The van der Waals surface area contributed by atoms with Crippen LogP contribution in [0.1, 0.15) is 33.5 Å². The molecule has 0 saturated heterocycles. The number of benzene rings is 1. The summed E-state index contributed by atoms with van der Waals surface area (Å²) in [4.78, 5) is 27.2. The van der Waals surface area contributed by atoms with Crippen LogP contribution in [0, 0.1) is 0 Å². The van der Waals surface area contributed by atoms with Gasteiger partial charge in [-0.1, -0.05) is 12.1 Å². The zero-order valence-electron chi connectivity index (χ0n) is 10.9. The number of aromatic nitrogens is 2. The number of carbonyl (C=O) groups excluding carboxylic acids is 2. The van der Waals surface area contributed by atoms with Crippen LogP contribution in [-0.4, -0.2) is 21.2 Å². The third kappa shape index (κ3) is 3.07. The monoisotopic (exact) mass is 257 g/mol. The maximum Gasteiger partial charge on any atom is 0.251 e. The Morgan fingerprint density at radius 2 is 1.84 bits per heavy atom. The van der Waals surface area contributed by atoms with E-state index in [0.717, 1.165) is 5.82 Å². The lowest BCUT2D eigenvalue weighted by Gasteiger charge is -2.05. The smallest absolute Gasteiger partial charge is 0.251 e. The summed E-state index contributed by atoms with van der Waals surface area (Å²) in [5, 5.41) is 2.78. The SMILES string of the molecule is CC(=O)c1ccc(C(=O)NCc2nccn2C)cc1. The molecule has 0 atom stereocenters. The van der Waals surface area contributed by atoms with Crippen LogP contribution in [0.2, 0.25) is 0 Å². The summed E-state index contributed by atoms with van der Waals surface area (Å²) in [5.74, 6) is 0.590. The van der Waals surface area contributed by atoms with Crippen LogP contribution in [-0.2, 0) is 13.6 Å². The van der Waals surface area contributed by atoms with Crippen molar-refractivity contribution >= 4 is 11.7 Å². The van der Waals surface area contributed by atoms with Crippen molar-refractivity contribution < 1.29 is 9.59 Å². The molecule has 1 aromatic heterocycles. The summed E-state index contributed by atoms with van der Waals surface area (Å²) in [5.41, 5.74) is 1.12. The lowest BCUT2D eigenvalue weighted by atomic mass is 10.1. The van der Waals surface area contributed by atoms with Crippen molar-refractivity contribution in [1.29, 1.82) is 0 Å². The molecule has 0 saturated carbocycles. The summed E-state index contributed by atoms with van der Waals surface area (Å²) in [6, 6.07) is 6.59. The van der Waals surface area contributed by atoms with Gasteiger partial charge in [0, 0.05) is 30.6 Å². The van der Waals surface area contributed by atoms with Crippen molar-refractivity contribution in [1.82, 2.24) is 14.9 Å². The predicted molar refractivity (Wildman–Crippen MR) is 70.8 cm³/mol. The highest BCUT2D eigenvalue weighted by Gasteiger charge is 2.07. The number of carbonyl (C=O) groups is 2. The molecule has 98 valence electrons. The molecule has 19 heavy (non-hydrogen) atoms. The Morgan fingerprint density at radius 3 is 2.37 bits per heavy atom. The van der Waals surface area contributed by atoms with Gasteiger partial charge in [0.25, 0.3) is 5.91 Å². The number of nitrogens with zero attached hydrogens (tertiary/aromatic N) is 2. The second kappa shape index (κ2) is 5.48. The second-order valence-corrected chi connectivity index (χ2v) is 4.27. The van der Waals surface area contributed by atoms with Crippen LogP contribution in [0.25, 0.3) is 0 Å². The minimum absolute atomic E-state index is 0.0139. The molecular formula is C14H15N3O2. The van der Waals surface area contributed by atoms with Gasteiger partial charge in [-0.25, -0.2) is 4.98 Å². The minimum Gasteiger partial charge on any atom is -0.345 e. The predicted octanol–water partition coefficient (Wildman–Crippen LogP) is 1.55. The maximum atomic E-state index is 11.9. The first-order chi connectivity index (χ1) is 9.08. The fourth-order valence-electron chi connectivity index (χ4n) is 1.68. The fourth-order valence-corrected chi connectivity index (χ4v) is 1.68. The number of hydrogen-bond donors (Lipinski definition) is 1. The average Bonchev–Trinajstić information content (AvgIpc) is 2.81. The first-order valence-electron chi connectivity index (χ1n) is 5.93. The number of ketones is 1. The molecule has 1 amide bonds. The van der Waals surface area contributed by atoms with Crippen LogP contribution in [0.5, 0.6) is 0 Å². The molecule has 0 aliphatic rings. The van der Waals surface area contributed by atoms with E-state index in [9.17, 15) is 9.59 Å². The number of imidazole rings is 1. The molecule has 0 radical (unpaired) electrons. The van der Waals surface area contributed by atoms with Gasteiger partial charge in [0.1, 0.15) is 5.82 Å². The molecule has 0 aliphatic heterocycles. The molecule has 0 spiro atoms. The molecule has 0 aliphatic carbocycles. The molecule has 0 unspecified atom stereocenters. The van der Waals surface area contributed by atoms with Gasteiger partial charge in [-0.2, -0.15) is 0 Å². The number of amides is 1. The van der Waals surface area contributed by atoms with Gasteiger partial charge in [-0.05, 0) is 19.1 Å². The Hall–Kier alpha value is -2.43.